The van der Waals surface area contributed by atoms with Crippen molar-refractivity contribution in [3.8, 4) is 0 Å². The number of amides is 1. The van der Waals surface area contributed by atoms with Crippen LogP contribution in [0.1, 0.15) is 88.1 Å². The monoisotopic (exact) mass is 520 g/mol. The van der Waals surface area contributed by atoms with Gasteiger partial charge in [-0.3, -0.25) is 9.59 Å². The van der Waals surface area contributed by atoms with Crippen molar-refractivity contribution < 1.29 is 24.3 Å². The van der Waals surface area contributed by atoms with Gasteiger partial charge in [-0.1, -0.05) is 36.7 Å². The Hall–Kier alpha value is -2.96. The fourth-order valence-electron chi connectivity index (χ4n) is 8.50. The van der Waals surface area contributed by atoms with Crippen LogP contribution in [-0.2, 0) is 21.0 Å². The van der Waals surface area contributed by atoms with Gasteiger partial charge in [0.05, 0.1) is 11.3 Å². The quantitative estimate of drug-likeness (QED) is 0.459. The van der Waals surface area contributed by atoms with Crippen molar-refractivity contribution >= 4 is 23.4 Å². The first-order valence-corrected chi connectivity index (χ1v) is 14.1. The smallest absolute Gasteiger partial charge is 0.335 e. The maximum absolute atomic E-state index is 12.4. The minimum Gasteiger partial charge on any atom is -0.478 e. The highest BCUT2D eigenvalue weighted by molar-refractivity contribution is 5.96. The molecular weight excluding hydrogens is 480 g/mol. The molecule has 1 aromatic carbocycles. The number of carboxylic acid groups (broad SMARTS) is 1. The van der Waals surface area contributed by atoms with Crippen LogP contribution in [0.15, 0.2) is 41.1 Å². The van der Waals surface area contributed by atoms with Crippen molar-refractivity contribution in [3.05, 3.63) is 47.0 Å². The van der Waals surface area contributed by atoms with Crippen LogP contribution in [0.2, 0.25) is 0 Å². The fourth-order valence-corrected chi connectivity index (χ4v) is 8.50. The molecular formula is C31H40N2O5. The molecule has 5 rings (SSSR count). The molecule has 1 amide bonds. The molecule has 0 aromatic heterocycles. The number of carbonyl (C=O) groups is 3. The lowest BCUT2D eigenvalue weighted by Crippen LogP contribution is -2.51. The first-order valence-electron chi connectivity index (χ1n) is 14.1. The zero-order valence-electron chi connectivity index (χ0n) is 22.8. The summed E-state index contributed by atoms with van der Waals surface area (Å²) in [7, 11) is 0. The summed E-state index contributed by atoms with van der Waals surface area (Å²) in [6, 6.07) is 6.41. The summed E-state index contributed by atoms with van der Waals surface area (Å²) in [4.78, 5) is 41.0. The maximum Gasteiger partial charge on any atom is 0.335 e. The molecule has 0 bridgehead atoms. The summed E-state index contributed by atoms with van der Waals surface area (Å²) < 4.78 is 0. The summed E-state index contributed by atoms with van der Waals surface area (Å²) in [6.45, 7) is 6.79. The Balaban J connectivity index is 1.16. The lowest BCUT2D eigenvalue weighted by atomic mass is 9.46. The highest BCUT2D eigenvalue weighted by Crippen LogP contribution is 2.66. The van der Waals surface area contributed by atoms with Gasteiger partial charge in [0.25, 0.3) is 5.91 Å². The molecule has 7 heteroatoms. The highest BCUT2D eigenvalue weighted by Gasteiger charge is 2.59. The van der Waals surface area contributed by atoms with E-state index in [2.05, 4.69) is 30.4 Å². The van der Waals surface area contributed by atoms with Crippen LogP contribution in [0, 0.1) is 34.5 Å². The van der Waals surface area contributed by atoms with E-state index in [0.717, 1.165) is 43.4 Å². The second-order valence-electron chi connectivity index (χ2n) is 12.4. The van der Waals surface area contributed by atoms with Crippen molar-refractivity contribution in [3.63, 3.8) is 0 Å². The number of nitrogens with zero attached hydrogens (tertiary/aromatic N) is 1. The predicted octanol–water partition coefficient (Wildman–Crippen LogP) is 5.54. The number of aromatic carboxylic acids is 1. The molecule has 4 aliphatic carbocycles. The minimum absolute atomic E-state index is 0.153. The lowest BCUT2D eigenvalue weighted by Gasteiger charge is -2.58. The summed E-state index contributed by atoms with van der Waals surface area (Å²) in [5, 5.41) is 16.1. The number of allylic oxidation sites excluding steroid dienone is 2. The fraction of sp³-hybridized carbons (Fsp3) is 0.613. The molecule has 7 nitrogen and oxygen atoms in total. The molecule has 6 atom stereocenters. The average molecular weight is 521 g/mol. The van der Waals surface area contributed by atoms with Gasteiger partial charge in [0, 0.05) is 12.5 Å². The van der Waals surface area contributed by atoms with Gasteiger partial charge in [-0.2, -0.15) is 0 Å². The van der Waals surface area contributed by atoms with E-state index in [1.165, 1.54) is 37.0 Å². The molecule has 38 heavy (non-hydrogen) atoms. The van der Waals surface area contributed by atoms with Crippen molar-refractivity contribution in [2.45, 2.75) is 78.7 Å². The zero-order valence-corrected chi connectivity index (χ0v) is 22.8. The molecule has 3 fully saturated rings. The molecule has 0 aliphatic heterocycles. The Labute approximate surface area is 225 Å². The van der Waals surface area contributed by atoms with Gasteiger partial charge in [0.2, 0.25) is 0 Å². The number of carboxylic acids is 1. The van der Waals surface area contributed by atoms with E-state index in [-0.39, 0.29) is 34.8 Å². The molecule has 3 saturated carbocycles. The van der Waals surface area contributed by atoms with Crippen molar-refractivity contribution in [1.29, 1.82) is 0 Å². The standard InChI is InChI=1S/C31H40N2O5/c1-19(34)25-10-11-26-24-9-8-22-16-23(12-14-30(22,2)27(24)13-15-31(25,26)3)33-38-18-28(35)32-17-20-4-6-21(7-5-20)29(36)37/h4-7,16,24-27H,8-15,17-18H2,1-3H3,(H,32,35)(H,36,37)/t24-,25+,26-,27-,30+,31-/m1/s1. The number of rotatable bonds is 7. The molecule has 2 N–H and O–H groups in total. The van der Waals surface area contributed by atoms with Gasteiger partial charge in [0.1, 0.15) is 5.78 Å². The molecule has 4 aliphatic rings. The minimum atomic E-state index is -0.975. The van der Waals surface area contributed by atoms with E-state index < -0.39 is 5.97 Å². The molecule has 0 unspecified atom stereocenters. The molecule has 0 radical (unpaired) electrons. The number of benzene rings is 1. The molecule has 204 valence electrons. The second kappa shape index (κ2) is 10.3. The maximum atomic E-state index is 12.4. The molecule has 0 spiro atoms. The Morgan fingerprint density at radius 1 is 1.03 bits per heavy atom. The highest BCUT2D eigenvalue weighted by atomic mass is 16.6. The van der Waals surface area contributed by atoms with Crippen LogP contribution < -0.4 is 5.32 Å². The second-order valence-corrected chi connectivity index (χ2v) is 12.4. The molecule has 0 saturated heterocycles. The lowest BCUT2D eigenvalue weighted by molar-refractivity contribution is -0.128. The van der Waals surface area contributed by atoms with Crippen LogP contribution >= 0.6 is 0 Å². The van der Waals surface area contributed by atoms with Crippen LogP contribution in [0.25, 0.3) is 0 Å². The van der Waals surface area contributed by atoms with Gasteiger partial charge in [0.15, 0.2) is 6.61 Å². The van der Waals surface area contributed by atoms with Crippen molar-refractivity contribution in [2.24, 2.45) is 39.7 Å². The number of carbonyl (C=O) groups excluding carboxylic acids is 2. The SMILES string of the molecule is CC(=O)[C@@H]1CC[C@@H]2[C@H]3CCC4=CC(=NOCC(=O)NCc5ccc(C(=O)O)cc5)CC[C@]4(C)[C@@H]3CC[C@@]21C. The van der Waals surface area contributed by atoms with Crippen molar-refractivity contribution in [1.82, 2.24) is 5.32 Å². The Morgan fingerprint density at radius 3 is 2.50 bits per heavy atom. The number of hydrogen-bond acceptors (Lipinski definition) is 5. The Bertz CT molecular complexity index is 1170. The number of ketones is 1. The van der Waals surface area contributed by atoms with Gasteiger partial charge in [-0.15, -0.1) is 0 Å². The summed E-state index contributed by atoms with van der Waals surface area (Å²) in [5.41, 5.74) is 3.79. The Kier molecular flexibility index (Phi) is 7.23. The van der Waals surface area contributed by atoms with Crippen LogP contribution in [-0.4, -0.2) is 35.1 Å². The summed E-state index contributed by atoms with van der Waals surface area (Å²) >= 11 is 0. The third kappa shape index (κ3) is 4.80. The van der Waals surface area contributed by atoms with E-state index in [1.807, 2.05) is 0 Å². The van der Waals surface area contributed by atoms with Gasteiger partial charge in [-0.05, 0) is 111 Å². The first kappa shape index (κ1) is 26.6. The number of oxime groups is 1. The number of Topliss-reactive ketones (excluding diaryl/α,β-unsaturated/α-hetero) is 1. The topological polar surface area (TPSA) is 105 Å². The number of fused-ring (bicyclic) bond motifs is 5. The van der Waals surface area contributed by atoms with Gasteiger partial charge in [-0.25, -0.2) is 4.79 Å². The van der Waals surface area contributed by atoms with Crippen LogP contribution in [0.3, 0.4) is 0 Å². The first-order chi connectivity index (χ1) is 18.1. The third-order valence-electron chi connectivity index (χ3n) is 10.5. The molecule has 0 heterocycles. The predicted molar refractivity (Wildman–Crippen MR) is 145 cm³/mol. The van der Waals surface area contributed by atoms with Gasteiger partial charge < -0.3 is 15.3 Å². The summed E-state index contributed by atoms with van der Waals surface area (Å²) in [6.07, 6.45) is 11.0. The van der Waals surface area contributed by atoms with Crippen molar-refractivity contribution in [2.75, 3.05) is 6.61 Å². The molecule has 1 aromatic rings. The average Bonchev–Trinajstić information content (AvgIpc) is 3.25. The van der Waals surface area contributed by atoms with E-state index in [9.17, 15) is 14.4 Å². The van der Waals surface area contributed by atoms with Crippen LogP contribution in [0.5, 0.6) is 0 Å². The Morgan fingerprint density at radius 2 is 1.79 bits per heavy atom. The largest absolute Gasteiger partial charge is 0.478 e. The normalized spacial score (nSPS) is 34.9. The summed E-state index contributed by atoms with van der Waals surface area (Å²) in [5.74, 6) is 1.44. The number of hydrogen-bond donors (Lipinski definition) is 2. The van der Waals surface area contributed by atoms with Gasteiger partial charge >= 0.3 is 5.97 Å². The van der Waals surface area contributed by atoms with Crippen LogP contribution in [0.4, 0.5) is 0 Å². The van der Waals surface area contributed by atoms with E-state index >= 15 is 0 Å². The number of nitrogens with one attached hydrogen (secondary N) is 1. The third-order valence-corrected chi connectivity index (χ3v) is 10.5. The van der Waals surface area contributed by atoms with E-state index in [0.29, 0.717) is 30.1 Å². The van der Waals surface area contributed by atoms with E-state index in [1.54, 1.807) is 19.1 Å². The van der Waals surface area contributed by atoms with E-state index in [4.69, 9.17) is 9.94 Å². The zero-order chi connectivity index (χ0) is 27.1.